The first-order chi connectivity index (χ1) is 12.7. The molecule has 1 aromatic carbocycles. The normalized spacial score (nSPS) is 22.4. The van der Waals surface area contributed by atoms with E-state index in [1.807, 2.05) is 58.0 Å². The van der Waals surface area contributed by atoms with E-state index < -0.39 is 18.3 Å². The summed E-state index contributed by atoms with van der Waals surface area (Å²) in [7, 11) is -0.469. The van der Waals surface area contributed by atoms with Gasteiger partial charge in [0.05, 0.1) is 24.4 Å². The van der Waals surface area contributed by atoms with Crippen LogP contribution in [0.1, 0.15) is 52.0 Å². The molecule has 0 aliphatic carbocycles. The van der Waals surface area contributed by atoms with Gasteiger partial charge in [0.2, 0.25) is 0 Å². The first-order valence-electron chi connectivity index (χ1n) is 9.20. The molecule has 5 nitrogen and oxygen atoms in total. The number of hydrogen-bond donors (Lipinski definition) is 0. The molecule has 0 unspecified atom stereocenters. The quantitative estimate of drug-likeness (QED) is 0.708. The van der Waals surface area contributed by atoms with Crippen LogP contribution in [0.5, 0.6) is 0 Å². The fourth-order valence-corrected chi connectivity index (χ4v) is 3.46. The summed E-state index contributed by atoms with van der Waals surface area (Å²) in [5, 5.41) is 0.0725. The van der Waals surface area contributed by atoms with Crippen LogP contribution in [0.2, 0.25) is 0 Å². The molecule has 146 valence electrons. The van der Waals surface area contributed by atoms with Gasteiger partial charge in [0, 0.05) is 18.2 Å². The lowest BCUT2D eigenvalue weighted by Gasteiger charge is -2.32. The van der Waals surface area contributed by atoms with Gasteiger partial charge < -0.3 is 18.8 Å². The van der Waals surface area contributed by atoms with Gasteiger partial charge in [0.1, 0.15) is 0 Å². The maximum Gasteiger partial charge on any atom is 0.491 e. The molecule has 0 amide bonds. The number of hydrogen-bond acceptors (Lipinski definition) is 6. The molecule has 1 aromatic rings. The second-order valence-corrected chi connectivity index (χ2v) is 8.98. The Kier molecular flexibility index (Phi) is 6.18. The van der Waals surface area contributed by atoms with Gasteiger partial charge in [-0.05, 0) is 38.7 Å². The van der Waals surface area contributed by atoms with Gasteiger partial charge in [0.25, 0.3) is 0 Å². The van der Waals surface area contributed by atoms with E-state index in [-0.39, 0.29) is 11.4 Å². The SMILES string of the molecule is CC(=O)SCC(=Cc1ccc(C2OCCO2)cc1)B1OC(C)(C)C(C)(C)O1. The monoisotopic (exact) mass is 390 g/mol. The van der Waals surface area contributed by atoms with E-state index in [1.165, 1.54) is 11.8 Å². The molecule has 0 aromatic heterocycles. The topological polar surface area (TPSA) is 54.0 Å². The van der Waals surface area contributed by atoms with Crippen molar-refractivity contribution in [1.29, 1.82) is 0 Å². The van der Waals surface area contributed by atoms with Crippen LogP contribution in [-0.4, -0.2) is 42.4 Å². The van der Waals surface area contributed by atoms with Crippen LogP contribution >= 0.6 is 11.8 Å². The van der Waals surface area contributed by atoms with E-state index in [9.17, 15) is 4.79 Å². The highest BCUT2D eigenvalue weighted by Gasteiger charge is 2.52. The van der Waals surface area contributed by atoms with Crippen molar-refractivity contribution in [2.75, 3.05) is 19.0 Å². The van der Waals surface area contributed by atoms with Crippen molar-refractivity contribution in [2.45, 2.75) is 52.1 Å². The third-order valence-corrected chi connectivity index (χ3v) is 6.06. The van der Waals surface area contributed by atoms with Gasteiger partial charge in [-0.3, -0.25) is 4.79 Å². The maximum absolute atomic E-state index is 11.5. The van der Waals surface area contributed by atoms with Crippen molar-refractivity contribution < 1.29 is 23.6 Å². The van der Waals surface area contributed by atoms with Gasteiger partial charge in [-0.15, -0.1) is 0 Å². The summed E-state index contributed by atoms with van der Waals surface area (Å²) in [6, 6.07) is 8.04. The molecule has 0 spiro atoms. The van der Waals surface area contributed by atoms with E-state index >= 15 is 0 Å². The van der Waals surface area contributed by atoms with Crippen molar-refractivity contribution in [2.24, 2.45) is 0 Å². The van der Waals surface area contributed by atoms with Gasteiger partial charge in [-0.25, -0.2) is 0 Å². The van der Waals surface area contributed by atoms with Crippen molar-refractivity contribution in [3.63, 3.8) is 0 Å². The molecule has 3 rings (SSSR count). The van der Waals surface area contributed by atoms with E-state index in [1.54, 1.807) is 6.92 Å². The Morgan fingerprint density at radius 1 is 1.11 bits per heavy atom. The number of carbonyl (C=O) groups is 1. The minimum Gasteiger partial charge on any atom is -0.400 e. The summed E-state index contributed by atoms with van der Waals surface area (Å²) in [4.78, 5) is 11.5. The number of ether oxygens (including phenoxy) is 2. The third-order valence-electron chi connectivity index (χ3n) is 5.18. The Morgan fingerprint density at radius 2 is 1.67 bits per heavy atom. The molecule has 0 bridgehead atoms. The predicted octanol–water partition coefficient (Wildman–Crippen LogP) is 4.03. The highest BCUT2D eigenvalue weighted by Crippen LogP contribution is 2.39. The summed E-state index contributed by atoms with van der Waals surface area (Å²) in [6.45, 7) is 10.9. The van der Waals surface area contributed by atoms with Crippen LogP contribution < -0.4 is 0 Å². The molecule has 2 aliphatic heterocycles. The van der Waals surface area contributed by atoms with Crippen LogP contribution in [0.25, 0.3) is 6.08 Å². The molecule has 0 atom stereocenters. The van der Waals surface area contributed by atoms with Crippen LogP contribution in [0.15, 0.2) is 29.7 Å². The minimum atomic E-state index is -0.469. The van der Waals surface area contributed by atoms with Crippen LogP contribution in [0.4, 0.5) is 0 Å². The Morgan fingerprint density at radius 3 is 2.19 bits per heavy atom. The van der Waals surface area contributed by atoms with E-state index in [2.05, 4.69) is 0 Å². The smallest absolute Gasteiger partial charge is 0.400 e. The first-order valence-corrected chi connectivity index (χ1v) is 10.2. The zero-order chi connectivity index (χ0) is 19.7. The average Bonchev–Trinajstić information content (AvgIpc) is 3.18. The predicted molar refractivity (Wildman–Crippen MR) is 108 cm³/mol. The van der Waals surface area contributed by atoms with Crippen LogP contribution in [-0.2, 0) is 23.6 Å². The lowest BCUT2D eigenvalue weighted by molar-refractivity contribution is -0.109. The number of rotatable bonds is 5. The molecule has 2 aliphatic rings. The highest BCUT2D eigenvalue weighted by molar-refractivity contribution is 8.13. The Balaban J connectivity index is 1.81. The minimum absolute atomic E-state index is 0.0725. The molecule has 2 saturated heterocycles. The molecule has 0 N–H and O–H groups in total. The van der Waals surface area contributed by atoms with Gasteiger partial charge in [-0.2, -0.15) is 0 Å². The second-order valence-electron chi connectivity index (χ2n) is 7.83. The molecule has 7 heteroatoms. The van der Waals surface area contributed by atoms with Gasteiger partial charge in [0.15, 0.2) is 11.4 Å². The van der Waals surface area contributed by atoms with E-state index in [0.717, 1.165) is 16.6 Å². The van der Waals surface area contributed by atoms with Crippen molar-refractivity contribution in [3.05, 3.63) is 40.9 Å². The lowest BCUT2D eigenvalue weighted by atomic mass is 9.78. The Bertz CT molecular complexity index is 692. The first kappa shape index (κ1) is 20.6. The molecule has 2 heterocycles. The zero-order valence-electron chi connectivity index (χ0n) is 16.6. The lowest BCUT2D eigenvalue weighted by Crippen LogP contribution is -2.41. The molecular weight excluding hydrogens is 363 g/mol. The number of thioether (sulfide) groups is 1. The Hall–Kier alpha value is -1.12. The molecule has 0 radical (unpaired) electrons. The van der Waals surface area contributed by atoms with Crippen LogP contribution in [0.3, 0.4) is 0 Å². The van der Waals surface area contributed by atoms with Gasteiger partial charge >= 0.3 is 7.12 Å². The number of benzene rings is 1. The molecule has 27 heavy (non-hydrogen) atoms. The van der Waals surface area contributed by atoms with Crippen molar-refractivity contribution in [3.8, 4) is 0 Å². The van der Waals surface area contributed by atoms with Crippen molar-refractivity contribution in [1.82, 2.24) is 0 Å². The van der Waals surface area contributed by atoms with E-state index in [0.29, 0.717) is 19.0 Å². The van der Waals surface area contributed by atoms with E-state index in [4.69, 9.17) is 18.8 Å². The summed E-state index contributed by atoms with van der Waals surface area (Å²) in [5.41, 5.74) is 2.12. The summed E-state index contributed by atoms with van der Waals surface area (Å²) >= 11 is 1.26. The molecular formula is C20H27BO5S. The van der Waals surface area contributed by atoms with Gasteiger partial charge in [-0.1, -0.05) is 42.1 Å². The second kappa shape index (κ2) is 8.09. The Labute approximate surface area is 165 Å². The molecule has 2 fully saturated rings. The fourth-order valence-electron chi connectivity index (χ4n) is 2.87. The van der Waals surface area contributed by atoms with Crippen molar-refractivity contribution >= 4 is 30.1 Å². The standard InChI is InChI=1S/C20H27BO5S/c1-14(22)27-13-17(21-25-19(2,3)20(4,5)26-21)12-15-6-8-16(9-7-15)18-23-10-11-24-18/h6-9,12,18H,10-11,13H2,1-5H3. The fraction of sp³-hybridized carbons (Fsp3) is 0.550. The maximum atomic E-state index is 11.5. The summed E-state index contributed by atoms with van der Waals surface area (Å²) in [6.07, 6.45) is 1.76. The third kappa shape index (κ3) is 4.84. The highest BCUT2D eigenvalue weighted by atomic mass is 32.2. The average molecular weight is 390 g/mol. The number of carbonyl (C=O) groups excluding carboxylic acids is 1. The summed E-state index contributed by atoms with van der Waals surface area (Å²) < 4.78 is 23.4. The summed E-state index contributed by atoms with van der Waals surface area (Å²) in [5.74, 6) is 0.531. The molecule has 0 saturated carbocycles. The zero-order valence-corrected chi connectivity index (χ0v) is 17.4. The largest absolute Gasteiger partial charge is 0.491 e. The van der Waals surface area contributed by atoms with Crippen LogP contribution in [0, 0.1) is 0 Å².